The highest BCUT2D eigenvalue weighted by Gasteiger charge is 1.85. The van der Waals surface area contributed by atoms with Gasteiger partial charge in [0.1, 0.15) is 0 Å². The van der Waals surface area contributed by atoms with E-state index in [1.54, 1.807) is 11.8 Å². The summed E-state index contributed by atoms with van der Waals surface area (Å²) in [6, 6.07) is 0. The van der Waals surface area contributed by atoms with E-state index in [4.69, 9.17) is 4.74 Å². The molecule has 0 rings (SSSR count). The molecule has 0 aromatic rings. The molecule has 0 fully saturated rings. The second-order valence-electron chi connectivity index (χ2n) is 1.65. The second kappa shape index (κ2) is 8.24. The van der Waals surface area contributed by atoms with Crippen LogP contribution in [0.2, 0.25) is 0 Å². The second-order valence-corrected chi connectivity index (χ2v) is 2.63. The van der Waals surface area contributed by atoms with Gasteiger partial charge in [0.2, 0.25) is 0 Å². The van der Waals surface area contributed by atoms with Gasteiger partial charge in [0.15, 0.2) is 0 Å². The molecule has 0 aromatic heterocycles. The summed E-state index contributed by atoms with van der Waals surface area (Å²) >= 11 is 1.74. The number of alkyl halides is 1. The zero-order valence-electron chi connectivity index (χ0n) is 5.73. The Morgan fingerprint density at radius 2 is 2.22 bits per heavy atom. The van der Waals surface area contributed by atoms with E-state index in [-0.39, 0.29) is 6.67 Å². The minimum atomic E-state index is -0.265. The maximum Gasteiger partial charge on any atom is 0.0916 e. The predicted molar refractivity (Wildman–Crippen MR) is 39.8 cm³/mol. The maximum absolute atomic E-state index is 11.4. The number of halogens is 1. The fourth-order valence-corrected chi connectivity index (χ4v) is 0.685. The molecule has 0 amide bonds. The van der Waals surface area contributed by atoms with Gasteiger partial charge in [0.25, 0.3) is 0 Å². The highest BCUT2D eigenvalue weighted by Crippen LogP contribution is 1.91. The third kappa shape index (κ3) is 8.24. The first-order chi connectivity index (χ1) is 4.41. The molecule has 3 heteroatoms. The molecule has 0 aromatic carbocycles. The Morgan fingerprint density at radius 1 is 1.44 bits per heavy atom. The molecule has 56 valence electrons. The van der Waals surface area contributed by atoms with Crippen molar-refractivity contribution in [3.8, 4) is 0 Å². The van der Waals surface area contributed by atoms with E-state index in [1.807, 2.05) is 6.26 Å². The molecule has 0 N–H and O–H groups in total. The van der Waals surface area contributed by atoms with Crippen LogP contribution in [0.1, 0.15) is 6.42 Å². The number of ether oxygens (including phenoxy) is 1. The van der Waals surface area contributed by atoms with Gasteiger partial charge in [-0.25, -0.2) is 0 Å². The van der Waals surface area contributed by atoms with Crippen molar-refractivity contribution in [3.63, 3.8) is 0 Å². The van der Waals surface area contributed by atoms with Crippen LogP contribution >= 0.6 is 11.8 Å². The third-order valence-corrected chi connectivity index (χ3v) is 1.43. The molecular weight excluding hydrogens is 139 g/mol. The summed E-state index contributed by atoms with van der Waals surface area (Å²) in [6.07, 6.45) is 2.56. The highest BCUT2D eigenvalue weighted by molar-refractivity contribution is 7.98. The first kappa shape index (κ1) is 9.24. The minimum Gasteiger partial charge on any atom is -0.380 e. The van der Waals surface area contributed by atoms with Crippen LogP contribution in [-0.4, -0.2) is 31.9 Å². The summed E-state index contributed by atoms with van der Waals surface area (Å²) in [5, 5.41) is 0. The van der Waals surface area contributed by atoms with E-state index in [0.29, 0.717) is 13.0 Å². The summed E-state index contributed by atoms with van der Waals surface area (Å²) in [5.41, 5.74) is 0. The lowest BCUT2D eigenvalue weighted by molar-refractivity contribution is 0.141. The average molecular weight is 152 g/mol. The molecule has 0 heterocycles. The lowest BCUT2D eigenvalue weighted by Gasteiger charge is -1.98. The standard InChI is InChI=1S/C6H13FOS/c1-9-6-5-8-4-2-3-7/h2-6H2,1H3. The van der Waals surface area contributed by atoms with Gasteiger partial charge < -0.3 is 4.74 Å². The molecule has 0 unspecified atom stereocenters. The van der Waals surface area contributed by atoms with Crippen LogP contribution in [0.3, 0.4) is 0 Å². The van der Waals surface area contributed by atoms with Crippen LogP contribution in [-0.2, 0) is 4.74 Å². The molecule has 0 aliphatic rings. The summed E-state index contributed by atoms with van der Waals surface area (Å²) in [4.78, 5) is 0. The maximum atomic E-state index is 11.4. The first-order valence-electron chi connectivity index (χ1n) is 3.04. The van der Waals surface area contributed by atoms with Gasteiger partial charge in [-0.3, -0.25) is 4.39 Å². The van der Waals surface area contributed by atoms with Gasteiger partial charge >= 0.3 is 0 Å². The number of thioether (sulfide) groups is 1. The molecular formula is C6H13FOS. The SMILES string of the molecule is CSCCOCCCF. The Morgan fingerprint density at radius 3 is 2.78 bits per heavy atom. The van der Waals surface area contributed by atoms with E-state index in [1.165, 1.54) is 0 Å². The van der Waals surface area contributed by atoms with E-state index in [2.05, 4.69) is 0 Å². The molecule has 1 nitrogen and oxygen atoms in total. The van der Waals surface area contributed by atoms with Crippen molar-refractivity contribution in [1.29, 1.82) is 0 Å². The van der Waals surface area contributed by atoms with E-state index in [0.717, 1.165) is 12.4 Å². The Balaban J connectivity index is 2.60. The van der Waals surface area contributed by atoms with Gasteiger partial charge in [0.05, 0.1) is 13.3 Å². The predicted octanol–water partition coefficient (Wildman–Crippen LogP) is 1.73. The average Bonchev–Trinajstić information content (AvgIpc) is 1.89. The molecule has 0 saturated heterocycles. The van der Waals surface area contributed by atoms with Crippen molar-refractivity contribution in [2.24, 2.45) is 0 Å². The van der Waals surface area contributed by atoms with Crippen LogP contribution in [0.15, 0.2) is 0 Å². The third-order valence-electron chi connectivity index (χ3n) is 0.854. The summed E-state index contributed by atoms with van der Waals surface area (Å²) in [5.74, 6) is 1.01. The molecule has 0 saturated carbocycles. The van der Waals surface area contributed by atoms with Crippen LogP contribution < -0.4 is 0 Å². The van der Waals surface area contributed by atoms with Gasteiger partial charge in [-0.15, -0.1) is 0 Å². The number of hydrogen-bond acceptors (Lipinski definition) is 2. The summed E-state index contributed by atoms with van der Waals surface area (Å²) in [6.45, 7) is 1.05. The van der Waals surface area contributed by atoms with Crippen molar-refractivity contribution in [2.45, 2.75) is 6.42 Å². The van der Waals surface area contributed by atoms with Crippen LogP contribution in [0, 0.1) is 0 Å². The van der Waals surface area contributed by atoms with Gasteiger partial charge in [-0.2, -0.15) is 11.8 Å². The molecule has 0 aliphatic carbocycles. The van der Waals surface area contributed by atoms with Gasteiger partial charge in [-0.1, -0.05) is 0 Å². The molecule has 0 atom stereocenters. The van der Waals surface area contributed by atoms with Crippen LogP contribution in [0.25, 0.3) is 0 Å². The van der Waals surface area contributed by atoms with Crippen molar-refractivity contribution >= 4 is 11.8 Å². The Labute approximate surface area is 60.0 Å². The highest BCUT2D eigenvalue weighted by atomic mass is 32.2. The smallest absolute Gasteiger partial charge is 0.0916 e. The first-order valence-corrected chi connectivity index (χ1v) is 4.44. The Kier molecular flexibility index (Phi) is 8.46. The van der Waals surface area contributed by atoms with Gasteiger partial charge in [0, 0.05) is 12.4 Å². The van der Waals surface area contributed by atoms with Gasteiger partial charge in [-0.05, 0) is 12.7 Å². The monoisotopic (exact) mass is 152 g/mol. The molecule has 0 bridgehead atoms. The Bertz CT molecular complexity index is 46.3. The van der Waals surface area contributed by atoms with Crippen molar-refractivity contribution in [2.75, 3.05) is 31.9 Å². The minimum absolute atomic E-state index is 0.265. The largest absolute Gasteiger partial charge is 0.380 e. The normalized spacial score (nSPS) is 10.0. The zero-order valence-corrected chi connectivity index (χ0v) is 6.55. The van der Waals surface area contributed by atoms with Crippen molar-refractivity contribution in [3.05, 3.63) is 0 Å². The van der Waals surface area contributed by atoms with E-state index in [9.17, 15) is 4.39 Å². The lowest BCUT2D eigenvalue weighted by Crippen LogP contribution is -1.99. The molecule has 9 heavy (non-hydrogen) atoms. The fraction of sp³-hybridized carbons (Fsp3) is 1.00. The number of hydrogen-bond donors (Lipinski definition) is 0. The van der Waals surface area contributed by atoms with Crippen LogP contribution in [0.5, 0.6) is 0 Å². The summed E-state index contributed by atoms with van der Waals surface area (Å²) < 4.78 is 16.5. The Hall–Kier alpha value is 0.240. The molecule has 0 spiro atoms. The number of rotatable bonds is 6. The van der Waals surface area contributed by atoms with Crippen molar-refractivity contribution in [1.82, 2.24) is 0 Å². The lowest BCUT2D eigenvalue weighted by atomic mass is 10.5. The topological polar surface area (TPSA) is 9.23 Å². The quantitative estimate of drug-likeness (QED) is 0.536. The van der Waals surface area contributed by atoms with E-state index < -0.39 is 0 Å². The van der Waals surface area contributed by atoms with Crippen LogP contribution in [0.4, 0.5) is 4.39 Å². The van der Waals surface area contributed by atoms with E-state index >= 15 is 0 Å². The fourth-order valence-electron chi connectivity index (χ4n) is 0.401. The molecule has 0 radical (unpaired) electrons. The molecule has 0 aliphatic heterocycles. The summed E-state index contributed by atoms with van der Waals surface area (Å²) in [7, 11) is 0. The zero-order chi connectivity index (χ0) is 6.95. The van der Waals surface area contributed by atoms with Crippen molar-refractivity contribution < 1.29 is 9.13 Å².